The largest absolute Gasteiger partial charge is 0.813 e. The molecular weight excluding hydrogens is 569 g/mol. The average molecular weight is 581 g/mol. The van der Waals surface area contributed by atoms with Gasteiger partial charge < -0.3 is 27.0 Å². The molecule has 1 saturated heterocycles. The Hall–Kier alpha value is 2.49. The molecule has 2 unspecified atom stereocenters. The van der Waals surface area contributed by atoms with Crippen molar-refractivity contribution in [2.75, 3.05) is 13.2 Å². The van der Waals surface area contributed by atoms with E-state index < -0.39 is 0 Å². The van der Waals surface area contributed by atoms with Crippen molar-refractivity contribution in [1.29, 1.82) is 0 Å². The minimum absolute atomic E-state index is 0. The Balaban J connectivity index is 0. The summed E-state index contributed by atoms with van der Waals surface area (Å²) in [5.41, 5.74) is 0. The van der Waals surface area contributed by atoms with E-state index in [-0.39, 0.29) is 27.0 Å². The predicted molar refractivity (Wildman–Crippen MR) is 46.6 cm³/mol. The zero-order valence-electron chi connectivity index (χ0n) is 7.11. The number of thiol groups is 2. The minimum atomic E-state index is 0. The number of hydrogen-bond donors (Lipinski definition) is 0. The second-order valence-corrected chi connectivity index (χ2v) is 6.98. The van der Waals surface area contributed by atoms with Crippen molar-refractivity contribution in [1.82, 2.24) is 0 Å². The third-order valence-corrected chi connectivity index (χ3v) is 6.69. The first kappa shape index (κ1) is 16.9. The molecular formula is C6H12Hg2O2S2. The fourth-order valence-electron chi connectivity index (χ4n) is 0.916. The summed E-state index contributed by atoms with van der Waals surface area (Å²) in [4.78, 5) is 0. The van der Waals surface area contributed by atoms with Gasteiger partial charge in [-0.2, -0.15) is 0 Å². The molecule has 0 spiro atoms. The molecule has 1 rings (SSSR count). The van der Waals surface area contributed by atoms with Gasteiger partial charge in [0.05, 0.1) is 0 Å². The van der Waals surface area contributed by atoms with Gasteiger partial charge in [-0.25, -0.2) is 0 Å². The van der Waals surface area contributed by atoms with Crippen molar-refractivity contribution in [2.24, 2.45) is 0 Å². The summed E-state index contributed by atoms with van der Waals surface area (Å²) in [5.74, 6) is 0. The van der Waals surface area contributed by atoms with E-state index in [1.54, 1.807) is 0 Å². The van der Waals surface area contributed by atoms with Crippen LogP contribution >= 0.6 is 0 Å². The summed E-state index contributed by atoms with van der Waals surface area (Å²) in [5, 5.41) is 0. The van der Waals surface area contributed by atoms with Gasteiger partial charge in [-0.3, -0.25) is 0 Å². The molecule has 0 aromatic carbocycles. The van der Waals surface area contributed by atoms with Crippen molar-refractivity contribution < 1.29 is 61.7 Å². The first-order chi connectivity index (χ1) is 4.86. The first-order valence-corrected chi connectivity index (χ1v) is 11.5. The Bertz CT molecular complexity index is 87.5. The van der Waals surface area contributed by atoms with Crippen molar-refractivity contribution in [3.05, 3.63) is 0 Å². The van der Waals surface area contributed by atoms with E-state index in [1.165, 1.54) is 7.86 Å². The normalized spacial score (nSPS) is 28.7. The van der Waals surface area contributed by atoms with Crippen LogP contribution in [-0.4, -0.2) is 25.4 Å². The van der Waals surface area contributed by atoms with Crippen LogP contribution in [0.15, 0.2) is 0 Å². The molecule has 0 bridgehead atoms. The van der Waals surface area contributed by atoms with Crippen molar-refractivity contribution in [3.8, 4) is 0 Å². The Morgan fingerprint density at radius 2 is 1.25 bits per heavy atom. The van der Waals surface area contributed by atoms with E-state index in [0.29, 0.717) is 12.2 Å². The molecule has 0 radical (unpaired) electrons. The van der Waals surface area contributed by atoms with Crippen molar-refractivity contribution >= 4 is 27.0 Å². The van der Waals surface area contributed by atoms with Gasteiger partial charge >= 0.3 is 95.0 Å². The maximum atomic E-state index is 5.59. The molecule has 0 saturated carbocycles. The molecule has 12 heavy (non-hydrogen) atoms. The summed E-state index contributed by atoms with van der Waals surface area (Å²) in [6.07, 6.45) is 0.916. The Labute approximate surface area is 120 Å². The Morgan fingerprint density at radius 1 is 0.917 bits per heavy atom. The van der Waals surface area contributed by atoms with E-state index in [0.717, 1.165) is 65.5 Å². The number of rotatable bonds is 2. The molecule has 0 aromatic rings. The maximum absolute atomic E-state index is 5.59. The monoisotopic (exact) mass is 584 g/mol. The van der Waals surface area contributed by atoms with E-state index in [4.69, 9.17) is 9.47 Å². The van der Waals surface area contributed by atoms with Gasteiger partial charge in [0, 0.05) is 0 Å². The Morgan fingerprint density at radius 3 is 1.42 bits per heavy atom. The summed E-state index contributed by atoms with van der Waals surface area (Å²) >= 11 is 1.74. The van der Waals surface area contributed by atoms with Gasteiger partial charge in [0.1, 0.15) is 0 Å². The average Bonchev–Trinajstić information content (AvgIpc) is 2.05. The Kier molecular flexibility index (Phi) is 14.1. The molecule has 6 heteroatoms. The van der Waals surface area contributed by atoms with Crippen molar-refractivity contribution in [2.45, 2.75) is 20.1 Å². The van der Waals surface area contributed by atoms with Gasteiger partial charge in [0.2, 0.25) is 0 Å². The minimum Gasteiger partial charge on any atom is -0.813 e. The summed E-state index contributed by atoms with van der Waals surface area (Å²) in [6, 6.07) is 0. The summed E-state index contributed by atoms with van der Waals surface area (Å²) < 4.78 is 13.7. The molecule has 2 nitrogen and oxygen atoms in total. The zero-order valence-corrected chi connectivity index (χ0v) is 19.9. The summed E-state index contributed by atoms with van der Waals surface area (Å²) in [7, 11) is 0. The summed E-state index contributed by atoms with van der Waals surface area (Å²) in [6.45, 7) is 1.73. The molecule has 0 amide bonds. The number of ether oxygens (including phenoxy) is 2. The maximum Gasteiger partial charge on any atom is -0.813 e. The SMILES string of the molecule is [Hg+][CH2]C1COC([CH2][Hg+])CO1.[SH-].[SH-]. The van der Waals surface area contributed by atoms with Gasteiger partial charge in [-0.15, -0.1) is 0 Å². The van der Waals surface area contributed by atoms with Crippen LogP contribution in [0.4, 0.5) is 0 Å². The molecule has 1 aliphatic rings. The predicted octanol–water partition coefficient (Wildman–Crippen LogP) is 0.160. The molecule has 64 valence electrons. The molecule has 1 aliphatic heterocycles. The van der Waals surface area contributed by atoms with E-state index in [2.05, 4.69) is 0 Å². The van der Waals surface area contributed by atoms with Crippen LogP contribution in [0.5, 0.6) is 0 Å². The molecule has 1 heterocycles. The van der Waals surface area contributed by atoms with Gasteiger partial charge in [0.25, 0.3) is 0 Å². The smallest absolute Gasteiger partial charge is 0.813 e. The quantitative estimate of drug-likeness (QED) is 0.263. The second-order valence-electron chi connectivity index (χ2n) is 2.49. The van der Waals surface area contributed by atoms with E-state index in [1.807, 2.05) is 0 Å². The zero-order chi connectivity index (χ0) is 7.40. The molecule has 0 aromatic heterocycles. The first-order valence-electron chi connectivity index (χ1n) is 3.68. The fourth-order valence-corrected chi connectivity index (χ4v) is 3.51. The topological polar surface area (TPSA) is 18.5 Å². The number of hydrogen-bond acceptors (Lipinski definition) is 4. The van der Waals surface area contributed by atoms with Crippen LogP contribution in [0.3, 0.4) is 0 Å². The molecule has 0 aliphatic carbocycles. The van der Waals surface area contributed by atoms with Crippen LogP contribution in [0.1, 0.15) is 0 Å². The van der Waals surface area contributed by atoms with Crippen LogP contribution in [0.25, 0.3) is 0 Å². The third-order valence-electron chi connectivity index (χ3n) is 1.68. The molecule has 0 N–H and O–H groups in total. The molecule has 1 fully saturated rings. The van der Waals surface area contributed by atoms with E-state index in [9.17, 15) is 0 Å². The third kappa shape index (κ3) is 6.06. The van der Waals surface area contributed by atoms with Gasteiger partial charge in [-0.1, -0.05) is 0 Å². The van der Waals surface area contributed by atoms with Gasteiger partial charge in [-0.05, 0) is 0 Å². The van der Waals surface area contributed by atoms with E-state index >= 15 is 0 Å². The van der Waals surface area contributed by atoms with Crippen molar-refractivity contribution in [3.63, 3.8) is 0 Å². The second kappa shape index (κ2) is 10.0. The van der Waals surface area contributed by atoms with Crippen LogP contribution in [0.2, 0.25) is 7.86 Å². The van der Waals surface area contributed by atoms with Gasteiger partial charge in [0.15, 0.2) is 0 Å². The van der Waals surface area contributed by atoms with Crippen LogP contribution in [-0.2, 0) is 88.7 Å². The molecule has 2 atom stereocenters. The standard InChI is InChI=1S/C6H10O2.2Hg.2H2S/c1-5-3-8-6(2)4-7-5;;;;/h5-6H,1-4H2;;;2*1H2/q;2*+1;;/p-2. The van der Waals surface area contributed by atoms with Crippen LogP contribution < -0.4 is 0 Å². The van der Waals surface area contributed by atoms with Crippen LogP contribution in [0, 0.1) is 0 Å². The fraction of sp³-hybridized carbons (Fsp3) is 1.00.